The van der Waals surface area contributed by atoms with E-state index in [2.05, 4.69) is 6.58 Å². The highest BCUT2D eigenvalue weighted by Crippen LogP contribution is 2.22. The predicted molar refractivity (Wildman–Crippen MR) is 95.4 cm³/mol. The minimum Gasteiger partial charge on any atom is -0.483 e. The topological polar surface area (TPSA) is 72.6 Å². The van der Waals surface area contributed by atoms with E-state index in [-0.39, 0.29) is 23.8 Å². The molecule has 24 heavy (non-hydrogen) atoms. The number of hydrogen-bond acceptors (Lipinski definition) is 4. The molecule has 2 N–H and O–H groups in total. The van der Waals surface area contributed by atoms with Gasteiger partial charge in [0.2, 0.25) is 0 Å². The maximum Gasteiger partial charge on any atom is 0.261 e. The molecule has 0 aliphatic carbocycles. The van der Waals surface area contributed by atoms with Gasteiger partial charge in [0.15, 0.2) is 6.61 Å². The minimum absolute atomic E-state index is 0.142. The van der Waals surface area contributed by atoms with E-state index in [0.29, 0.717) is 18.1 Å². The van der Waals surface area contributed by atoms with Gasteiger partial charge in [-0.1, -0.05) is 23.7 Å². The van der Waals surface area contributed by atoms with Crippen LogP contribution in [0.2, 0.25) is 5.02 Å². The maximum atomic E-state index is 12.4. The summed E-state index contributed by atoms with van der Waals surface area (Å²) in [4.78, 5) is 26.5. The van der Waals surface area contributed by atoms with Gasteiger partial charge >= 0.3 is 0 Å². The zero-order valence-corrected chi connectivity index (χ0v) is 14.5. The summed E-state index contributed by atoms with van der Waals surface area (Å²) in [5, 5.41) is 2.32. The number of rotatable bonds is 8. The fourth-order valence-electron chi connectivity index (χ4n) is 2.05. The van der Waals surface area contributed by atoms with Crippen LogP contribution >= 0.6 is 22.9 Å². The predicted octanol–water partition coefficient (Wildman–Crippen LogP) is 3.09. The Morgan fingerprint density at radius 3 is 2.79 bits per heavy atom. The molecular formula is C17H17ClN2O3S. The van der Waals surface area contributed by atoms with Crippen LogP contribution < -0.4 is 10.5 Å². The van der Waals surface area contributed by atoms with E-state index in [1.165, 1.54) is 12.1 Å². The van der Waals surface area contributed by atoms with Crippen LogP contribution in [0.3, 0.4) is 0 Å². The van der Waals surface area contributed by atoms with Gasteiger partial charge in [0.1, 0.15) is 5.75 Å². The van der Waals surface area contributed by atoms with E-state index in [4.69, 9.17) is 22.1 Å². The number of hydrogen-bond donors (Lipinski definition) is 1. The molecule has 2 aromatic rings. The van der Waals surface area contributed by atoms with Crippen molar-refractivity contribution in [3.8, 4) is 5.75 Å². The summed E-state index contributed by atoms with van der Waals surface area (Å²) in [6.45, 7) is 4.35. The van der Waals surface area contributed by atoms with Crippen molar-refractivity contribution in [1.29, 1.82) is 0 Å². The lowest BCUT2D eigenvalue weighted by Gasteiger charge is -2.21. The lowest BCUT2D eigenvalue weighted by molar-refractivity contribution is -0.133. The van der Waals surface area contributed by atoms with Crippen LogP contribution in [0.1, 0.15) is 15.2 Å². The fourth-order valence-corrected chi connectivity index (χ4v) is 2.94. The Balaban J connectivity index is 2.05. The summed E-state index contributed by atoms with van der Waals surface area (Å²) in [5.41, 5.74) is 5.45. The first-order valence-corrected chi connectivity index (χ1v) is 8.40. The molecule has 0 unspecified atom stereocenters. The van der Waals surface area contributed by atoms with Crippen LogP contribution in [0.4, 0.5) is 0 Å². The van der Waals surface area contributed by atoms with Crippen molar-refractivity contribution < 1.29 is 14.3 Å². The molecule has 0 saturated heterocycles. The lowest BCUT2D eigenvalue weighted by atomic mass is 10.2. The smallest absolute Gasteiger partial charge is 0.261 e. The largest absolute Gasteiger partial charge is 0.483 e. The molecule has 1 aromatic heterocycles. The van der Waals surface area contributed by atoms with Crippen LogP contribution in [-0.2, 0) is 11.3 Å². The van der Waals surface area contributed by atoms with Crippen molar-refractivity contribution in [2.75, 3.05) is 13.2 Å². The number of ether oxygens (including phenoxy) is 1. The van der Waals surface area contributed by atoms with Crippen molar-refractivity contribution in [2.24, 2.45) is 5.73 Å². The molecule has 0 saturated carbocycles. The number of halogens is 1. The number of carbonyl (C=O) groups excluding carboxylic acids is 2. The van der Waals surface area contributed by atoms with Gasteiger partial charge in [-0.15, -0.1) is 17.9 Å². The van der Waals surface area contributed by atoms with Gasteiger partial charge in [-0.05, 0) is 29.6 Å². The molecule has 2 rings (SSSR count). The monoisotopic (exact) mass is 364 g/mol. The minimum atomic E-state index is -0.665. The van der Waals surface area contributed by atoms with E-state index in [1.54, 1.807) is 28.4 Å². The van der Waals surface area contributed by atoms with E-state index >= 15 is 0 Å². The third-order valence-corrected chi connectivity index (χ3v) is 4.28. The molecular weight excluding hydrogens is 348 g/mol. The quantitative estimate of drug-likeness (QED) is 0.731. The molecule has 0 spiro atoms. The number of benzene rings is 1. The first-order valence-electron chi connectivity index (χ1n) is 7.14. The molecule has 7 heteroatoms. The molecule has 126 valence electrons. The lowest BCUT2D eigenvalue weighted by Crippen LogP contribution is -2.34. The van der Waals surface area contributed by atoms with Gasteiger partial charge in [-0.3, -0.25) is 9.59 Å². The van der Waals surface area contributed by atoms with Crippen LogP contribution in [0.15, 0.2) is 48.4 Å². The molecule has 0 bridgehead atoms. The zero-order chi connectivity index (χ0) is 17.5. The molecule has 0 radical (unpaired) electrons. The average Bonchev–Trinajstić information content (AvgIpc) is 3.06. The van der Waals surface area contributed by atoms with Crippen molar-refractivity contribution in [1.82, 2.24) is 4.90 Å². The molecule has 5 nitrogen and oxygen atoms in total. The van der Waals surface area contributed by atoms with E-state index < -0.39 is 5.91 Å². The van der Waals surface area contributed by atoms with E-state index in [1.807, 2.05) is 17.5 Å². The Hall–Kier alpha value is -2.31. The van der Waals surface area contributed by atoms with Crippen LogP contribution in [-0.4, -0.2) is 29.9 Å². The number of nitrogens with two attached hydrogens (primary N) is 1. The summed E-state index contributed by atoms with van der Waals surface area (Å²) in [7, 11) is 0. The van der Waals surface area contributed by atoms with Crippen molar-refractivity contribution in [3.05, 3.63) is 63.8 Å². The Labute approximate surface area is 149 Å². The number of carbonyl (C=O) groups is 2. The summed E-state index contributed by atoms with van der Waals surface area (Å²) in [5.74, 6) is -0.648. The number of amides is 2. The highest BCUT2D eigenvalue weighted by molar-refractivity contribution is 7.09. The second-order valence-electron chi connectivity index (χ2n) is 4.94. The first kappa shape index (κ1) is 18.0. The normalized spacial score (nSPS) is 10.2. The maximum absolute atomic E-state index is 12.4. The second kappa shape index (κ2) is 8.52. The Morgan fingerprint density at radius 1 is 1.38 bits per heavy atom. The number of nitrogens with zero attached hydrogens (tertiary/aromatic N) is 1. The molecule has 1 heterocycles. The number of primary amides is 1. The van der Waals surface area contributed by atoms with Crippen molar-refractivity contribution in [2.45, 2.75) is 6.54 Å². The zero-order valence-electron chi connectivity index (χ0n) is 12.9. The van der Waals surface area contributed by atoms with E-state index in [0.717, 1.165) is 4.88 Å². The standard InChI is InChI=1S/C17H17ClN2O3S/c1-2-7-20(10-13-4-3-8-24-13)16(21)11-23-15-6-5-12(18)9-14(15)17(19)22/h2-6,8-9H,1,7,10-11H2,(H2,19,22). The van der Waals surface area contributed by atoms with Crippen molar-refractivity contribution in [3.63, 3.8) is 0 Å². The van der Waals surface area contributed by atoms with Gasteiger partial charge in [0, 0.05) is 16.4 Å². The van der Waals surface area contributed by atoms with Gasteiger partial charge < -0.3 is 15.4 Å². The molecule has 0 aliphatic heterocycles. The van der Waals surface area contributed by atoms with Gasteiger partial charge in [-0.2, -0.15) is 0 Å². The van der Waals surface area contributed by atoms with Crippen LogP contribution in [0, 0.1) is 0 Å². The first-order chi connectivity index (χ1) is 11.5. The second-order valence-corrected chi connectivity index (χ2v) is 6.40. The number of thiophene rings is 1. The van der Waals surface area contributed by atoms with Gasteiger partial charge in [-0.25, -0.2) is 0 Å². The molecule has 2 amide bonds. The Bertz CT molecular complexity index is 731. The van der Waals surface area contributed by atoms with E-state index in [9.17, 15) is 9.59 Å². The highest BCUT2D eigenvalue weighted by atomic mass is 35.5. The van der Waals surface area contributed by atoms with Gasteiger partial charge in [0.25, 0.3) is 11.8 Å². The molecule has 1 aromatic carbocycles. The molecule has 0 fully saturated rings. The van der Waals surface area contributed by atoms with Crippen LogP contribution in [0.25, 0.3) is 0 Å². The Kier molecular flexibility index (Phi) is 6.40. The summed E-state index contributed by atoms with van der Waals surface area (Å²) < 4.78 is 5.48. The van der Waals surface area contributed by atoms with Crippen molar-refractivity contribution >= 4 is 34.8 Å². The van der Waals surface area contributed by atoms with Crippen LogP contribution in [0.5, 0.6) is 5.75 Å². The summed E-state index contributed by atoms with van der Waals surface area (Å²) in [6, 6.07) is 8.39. The van der Waals surface area contributed by atoms with Gasteiger partial charge in [0.05, 0.1) is 12.1 Å². The average molecular weight is 365 g/mol. The molecule has 0 aliphatic rings. The fraction of sp³-hybridized carbons (Fsp3) is 0.176. The molecule has 0 atom stereocenters. The Morgan fingerprint density at radius 2 is 2.17 bits per heavy atom. The third kappa shape index (κ3) is 4.84. The SMILES string of the molecule is C=CCN(Cc1cccs1)C(=O)COc1ccc(Cl)cc1C(N)=O. The highest BCUT2D eigenvalue weighted by Gasteiger charge is 2.16. The summed E-state index contributed by atoms with van der Waals surface area (Å²) in [6.07, 6.45) is 1.66. The third-order valence-electron chi connectivity index (χ3n) is 3.19. The summed E-state index contributed by atoms with van der Waals surface area (Å²) >= 11 is 7.42.